The maximum atomic E-state index is 11.9. The minimum atomic E-state index is -0.884. The molecule has 0 bridgehead atoms. The van der Waals surface area contributed by atoms with Gasteiger partial charge < -0.3 is 19.5 Å². The third-order valence-corrected chi connectivity index (χ3v) is 2.50. The number of morpholine rings is 1. The number of rotatable bonds is 1. The smallest absolute Gasteiger partial charge is 0.410 e. The second-order valence-electron chi connectivity index (χ2n) is 5.27. The molecule has 1 unspecified atom stereocenters. The number of carbonyl (C=O) groups excluding carboxylic acids is 1. The Labute approximate surface area is 117 Å². The summed E-state index contributed by atoms with van der Waals surface area (Å²) in [5, 5.41) is 27.2. The van der Waals surface area contributed by atoms with Gasteiger partial charge in [0.05, 0.1) is 13.2 Å². The molecule has 7 heteroatoms. The number of nitriles is 2. The van der Waals surface area contributed by atoms with Crippen LogP contribution in [0.5, 0.6) is 0 Å². The zero-order valence-corrected chi connectivity index (χ0v) is 11.7. The van der Waals surface area contributed by atoms with E-state index in [0.717, 1.165) is 0 Å². The van der Waals surface area contributed by atoms with Crippen LogP contribution in [-0.2, 0) is 9.47 Å². The quantitative estimate of drug-likeness (QED) is 0.575. The van der Waals surface area contributed by atoms with Crippen molar-refractivity contribution in [2.45, 2.75) is 32.5 Å². The van der Waals surface area contributed by atoms with E-state index >= 15 is 0 Å². The molecule has 1 aliphatic rings. The summed E-state index contributed by atoms with van der Waals surface area (Å²) in [6.07, 6.45) is -1.40. The largest absolute Gasteiger partial charge is 0.507 e. The van der Waals surface area contributed by atoms with Gasteiger partial charge in [-0.2, -0.15) is 10.5 Å². The highest BCUT2D eigenvalue weighted by molar-refractivity contribution is 5.68. The lowest BCUT2D eigenvalue weighted by atomic mass is 10.1. The summed E-state index contributed by atoms with van der Waals surface area (Å²) in [6.45, 7) is 5.82. The first-order chi connectivity index (χ1) is 9.28. The highest BCUT2D eigenvalue weighted by Crippen LogP contribution is 2.17. The molecule has 1 rings (SSSR count). The maximum Gasteiger partial charge on any atom is 0.410 e. The average molecular weight is 279 g/mol. The van der Waals surface area contributed by atoms with Crippen molar-refractivity contribution in [1.82, 2.24) is 4.90 Å². The third-order valence-electron chi connectivity index (χ3n) is 2.50. The number of hydrogen-bond donors (Lipinski definition) is 1. The lowest BCUT2D eigenvalue weighted by Crippen LogP contribution is -2.48. The van der Waals surface area contributed by atoms with Gasteiger partial charge in [0.15, 0.2) is 11.3 Å². The molecule has 20 heavy (non-hydrogen) atoms. The van der Waals surface area contributed by atoms with E-state index in [-0.39, 0.29) is 13.2 Å². The van der Waals surface area contributed by atoms with Crippen LogP contribution in [0.25, 0.3) is 0 Å². The molecular weight excluding hydrogens is 262 g/mol. The van der Waals surface area contributed by atoms with Gasteiger partial charge in [-0.15, -0.1) is 0 Å². The van der Waals surface area contributed by atoms with Crippen molar-refractivity contribution < 1.29 is 19.4 Å². The van der Waals surface area contributed by atoms with Crippen LogP contribution >= 0.6 is 0 Å². The molecule has 1 atom stereocenters. The van der Waals surface area contributed by atoms with Crippen molar-refractivity contribution in [3.8, 4) is 12.1 Å². The summed E-state index contributed by atoms with van der Waals surface area (Å²) in [5.74, 6) is -0.455. The van der Waals surface area contributed by atoms with Gasteiger partial charge >= 0.3 is 6.09 Å². The molecule has 0 aliphatic carbocycles. The fourth-order valence-corrected chi connectivity index (χ4v) is 1.61. The van der Waals surface area contributed by atoms with Crippen molar-refractivity contribution in [1.29, 1.82) is 10.5 Å². The summed E-state index contributed by atoms with van der Waals surface area (Å²) in [7, 11) is 0. The molecule has 1 aliphatic heterocycles. The number of carbonyl (C=O) groups is 1. The van der Waals surface area contributed by atoms with Gasteiger partial charge in [-0.25, -0.2) is 4.79 Å². The van der Waals surface area contributed by atoms with E-state index in [1.165, 1.54) is 4.90 Å². The fourth-order valence-electron chi connectivity index (χ4n) is 1.61. The van der Waals surface area contributed by atoms with Crippen molar-refractivity contribution in [2.75, 3.05) is 19.7 Å². The van der Waals surface area contributed by atoms with E-state index in [4.69, 9.17) is 20.0 Å². The molecule has 0 saturated carbocycles. The summed E-state index contributed by atoms with van der Waals surface area (Å²) in [4.78, 5) is 13.3. The highest BCUT2D eigenvalue weighted by Gasteiger charge is 2.31. The Morgan fingerprint density at radius 2 is 2.00 bits per heavy atom. The molecule has 1 N–H and O–H groups in total. The normalized spacial score (nSPS) is 18.6. The minimum absolute atomic E-state index is 0.0353. The number of aliphatic hydroxyl groups excluding tert-OH is 1. The van der Waals surface area contributed by atoms with Crippen LogP contribution in [0, 0.1) is 22.7 Å². The Kier molecular flexibility index (Phi) is 4.95. The Balaban J connectivity index is 2.78. The molecule has 0 aromatic carbocycles. The topological polar surface area (TPSA) is 107 Å². The lowest BCUT2D eigenvalue weighted by Gasteiger charge is -2.33. The molecule has 1 saturated heterocycles. The second-order valence-corrected chi connectivity index (χ2v) is 5.27. The van der Waals surface area contributed by atoms with E-state index in [1.807, 2.05) is 0 Å². The first kappa shape index (κ1) is 15.8. The van der Waals surface area contributed by atoms with Crippen LogP contribution in [0.15, 0.2) is 11.3 Å². The van der Waals surface area contributed by atoms with Crippen LogP contribution in [0.2, 0.25) is 0 Å². The summed E-state index contributed by atoms with van der Waals surface area (Å²) >= 11 is 0. The maximum absolute atomic E-state index is 11.9. The molecular formula is C13H17N3O4. The fraction of sp³-hybridized carbons (Fsp3) is 0.615. The lowest BCUT2D eigenvalue weighted by molar-refractivity contribution is -0.0408. The third kappa shape index (κ3) is 4.15. The van der Waals surface area contributed by atoms with Crippen molar-refractivity contribution >= 4 is 6.09 Å². The van der Waals surface area contributed by atoms with Gasteiger partial charge in [0.25, 0.3) is 0 Å². The Morgan fingerprint density at radius 1 is 1.40 bits per heavy atom. The molecule has 0 aromatic heterocycles. The second kappa shape index (κ2) is 6.27. The van der Waals surface area contributed by atoms with Gasteiger partial charge in [0.2, 0.25) is 0 Å². The molecule has 1 heterocycles. The number of allylic oxidation sites excluding steroid dienone is 1. The van der Waals surface area contributed by atoms with E-state index < -0.39 is 29.1 Å². The molecule has 1 fully saturated rings. The Hall–Kier alpha value is -2.25. The highest BCUT2D eigenvalue weighted by atomic mass is 16.6. The number of amides is 1. The van der Waals surface area contributed by atoms with Crippen molar-refractivity contribution in [3.05, 3.63) is 11.3 Å². The number of hydrogen-bond acceptors (Lipinski definition) is 6. The zero-order chi connectivity index (χ0) is 15.3. The van der Waals surface area contributed by atoms with Crippen LogP contribution in [0.1, 0.15) is 20.8 Å². The number of nitrogens with zero attached hydrogens (tertiary/aromatic N) is 3. The monoisotopic (exact) mass is 279 g/mol. The van der Waals surface area contributed by atoms with Gasteiger partial charge in [-0.05, 0) is 20.8 Å². The van der Waals surface area contributed by atoms with E-state index in [0.29, 0.717) is 6.54 Å². The molecule has 0 spiro atoms. The summed E-state index contributed by atoms with van der Waals surface area (Å²) in [6, 6.07) is 3.17. The van der Waals surface area contributed by atoms with Gasteiger partial charge in [-0.1, -0.05) is 0 Å². The van der Waals surface area contributed by atoms with Crippen LogP contribution < -0.4 is 0 Å². The molecule has 1 amide bonds. The minimum Gasteiger partial charge on any atom is -0.507 e. The molecule has 0 radical (unpaired) electrons. The van der Waals surface area contributed by atoms with E-state index in [1.54, 1.807) is 32.9 Å². The zero-order valence-electron chi connectivity index (χ0n) is 11.7. The molecule has 0 aromatic rings. The summed E-state index contributed by atoms with van der Waals surface area (Å²) < 4.78 is 10.5. The van der Waals surface area contributed by atoms with Crippen molar-refractivity contribution in [3.63, 3.8) is 0 Å². The van der Waals surface area contributed by atoms with E-state index in [2.05, 4.69) is 0 Å². The van der Waals surface area contributed by atoms with Crippen LogP contribution in [-0.4, -0.2) is 47.5 Å². The van der Waals surface area contributed by atoms with Gasteiger partial charge in [-0.3, -0.25) is 0 Å². The SMILES string of the molecule is CC(C)(C)OC(=O)N1CCOC(C(O)=C(C#N)C#N)C1. The van der Waals surface area contributed by atoms with Crippen LogP contribution in [0.4, 0.5) is 4.79 Å². The first-order valence-corrected chi connectivity index (χ1v) is 6.11. The van der Waals surface area contributed by atoms with Crippen molar-refractivity contribution in [2.24, 2.45) is 0 Å². The molecule has 7 nitrogen and oxygen atoms in total. The Morgan fingerprint density at radius 3 is 2.50 bits per heavy atom. The first-order valence-electron chi connectivity index (χ1n) is 6.11. The van der Waals surface area contributed by atoms with Gasteiger partial charge in [0, 0.05) is 6.54 Å². The molecule has 108 valence electrons. The average Bonchev–Trinajstić information content (AvgIpc) is 2.38. The van der Waals surface area contributed by atoms with Crippen LogP contribution in [0.3, 0.4) is 0 Å². The number of aliphatic hydroxyl groups is 1. The van der Waals surface area contributed by atoms with E-state index in [9.17, 15) is 9.90 Å². The van der Waals surface area contributed by atoms with Gasteiger partial charge in [0.1, 0.15) is 23.8 Å². The predicted octanol–water partition coefficient (Wildman–Crippen LogP) is 1.48. The predicted molar refractivity (Wildman–Crippen MR) is 68.4 cm³/mol. The number of ether oxygens (including phenoxy) is 2. The summed E-state index contributed by atoms with van der Waals surface area (Å²) in [5.41, 5.74) is -1.03. The Bertz CT molecular complexity index is 477. The standard InChI is InChI=1S/C13H17N3O4/c1-13(2,3)20-12(18)16-4-5-19-10(8-16)11(17)9(6-14)7-15/h10,17H,4-5,8H2,1-3H3.